The fourth-order valence-corrected chi connectivity index (χ4v) is 4.81. The smallest absolute Gasteiger partial charge is 0.0541 e. The van der Waals surface area contributed by atoms with Gasteiger partial charge in [0, 0.05) is 27.7 Å². The molecule has 1 aromatic heterocycles. The Morgan fingerprint density at radius 1 is 0.656 bits per heavy atom. The standard InChI is InChI=1S/C30H24N2/c31-28-17-15-22(19-26(28)21-9-3-1-4-10-21)23-16-18-30-27(20-23)25-13-7-8-14-29(25)32(30)24-11-5-2-6-12-24/h2-3,5-20H,1,4,31H2. The lowest BCUT2D eigenvalue weighted by molar-refractivity contribution is 1.04. The maximum Gasteiger partial charge on any atom is 0.0541 e. The van der Waals surface area contributed by atoms with E-state index in [4.69, 9.17) is 5.73 Å². The summed E-state index contributed by atoms with van der Waals surface area (Å²) < 4.78 is 2.35. The molecule has 0 bridgehead atoms. The van der Waals surface area contributed by atoms with Crippen LogP contribution in [0.25, 0.3) is 44.2 Å². The molecular weight excluding hydrogens is 388 g/mol. The van der Waals surface area contributed by atoms with Gasteiger partial charge in [0.25, 0.3) is 0 Å². The molecule has 0 amide bonds. The summed E-state index contributed by atoms with van der Waals surface area (Å²) in [7, 11) is 0. The van der Waals surface area contributed by atoms with Gasteiger partial charge in [-0.3, -0.25) is 0 Å². The van der Waals surface area contributed by atoms with E-state index in [1.165, 1.54) is 44.2 Å². The molecule has 4 aromatic carbocycles. The molecule has 0 unspecified atom stereocenters. The molecule has 2 nitrogen and oxygen atoms in total. The van der Waals surface area contributed by atoms with E-state index < -0.39 is 0 Å². The van der Waals surface area contributed by atoms with Crippen LogP contribution in [-0.2, 0) is 0 Å². The van der Waals surface area contributed by atoms with Crippen molar-refractivity contribution in [2.24, 2.45) is 0 Å². The van der Waals surface area contributed by atoms with Crippen LogP contribution in [0.2, 0.25) is 0 Å². The van der Waals surface area contributed by atoms with Crippen LogP contribution in [0.1, 0.15) is 18.4 Å². The topological polar surface area (TPSA) is 30.9 Å². The number of hydrogen-bond donors (Lipinski definition) is 1. The van der Waals surface area contributed by atoms with Gasteiger partial charge in [-0.2, -0.15) is 0 Å². The quantitative estimate of drug-likeness (QED) is 0.302. The molecular formula is C30H24N2. The average Bonchev–Trinajstić information content (AvgIpc) is 3.19. The minimum Gasteiger partial charge on any atom is -0.398 e. The number of fused-ring (bicyclic) bond motifs is 3. The molecule has 2 N–H and O–H groups in total. The predicted molar refractivity (Wildman–Crippen MR) is 137 cm³/mol. The van der Waals surface area contributed by atoms with Crippen molar-refractivity contribution >= 4 is 33.1 Å². The number of nitrogens with two attached hydrogens (primary N) is 1. The Hall–Kier alpha value is -4.04. The first-order valence-corrected chi connectivity index (χ1v) is 11.2. The third-order valence-electron chi connectivity index (χ3n) is 6.38. The largest absolute Gasteiger partial charge is 0.398 e. The third-order valence-corrected chi connectivity index (χ3v) is 6.38. The summed E-state index contributed by atoms with van der Waals surface area (Å²) >= 11 is 0. The maximum atomic E-state index is 6.35. The molecule has 0 radical (unpaired) electrons. The average molecular weight is 413 g/mol. The first kappa shape index (κ1) is 18.7. The number of para-hydroxylation sites is 2. The SMILES string of the molecule is Nc1ccc(-c2ccc3c(c2)c2ccccc2n3-c2ccccc2)cc1C1=CCCC=C1. The van der Waals surface area contributed by atoms with Gasteiger partial charge in [-0.25, -0.2) is 0 Å². The van der Waals surface area contributed by atoms with Gasteiger partial charge in [0.1, 0.15) is 0 Å². The van der Waals surface area contributed by atoms with Crippen LogP contribution >= 0.6 is 0 Å². The van der Waals surface area contributed by atoms with Crippen molar-refractivity contribution < 1.29 is 0 Å². The molecule has 1 heterocycles. The highest BCUT2D eigenvalue weighted by molar-refractivity contribution is 6.10. The number of nitrogen functional groups attached to an aromatic ring is 1. The Morgan fingerprint density at radius 2 is 1.41 bits per heavy atom. The van der Waals surface area contributed by atoms with Crippen LogP contribution in [0.4, 0.5) is 5.69 Å². The Morgan fingerprint density at radius 3 is 2.25 bits per heavy atom. The zero-order valence-corrected chi connectivity index (χ0v) is 17.8. The van der Waals surface area contributed by atoms with E-state index in [0.29, 0.717) is 0 Å². The van der Waals surface area contributed by atoms with Crippen LogP contribution in [0, 0.1) is 0 Å². The summed E-state index contributed by atoms with van der Waals surface area (Å²) in [5.41, 5.74) is 15.5. The second-order valence-corrected chi connectivity index (χ2v) is 8.36. The normalized spacial score (nSPS) is 13.6. The van der Waals surface area contributed by atoms with E-state index in [1.807, 2.05) is 6.07 Å². The highest BCUT2D eigenvalue weighted by Crippen LogP contribution is 2.36. The van der Waals surface area contributed by atoms with Gasteiger partial charge in [-0.05, 0) is 72.0 Å². The maximum absolute atomic E-state index is 6.35. The number of nitrogens with zero attached hydrogens (tertiary/aromatic N) is 1. The number of anilines is 1. The molecule has 0 saturated carbocycles. The number of benzene rings is 4. The van der Waals surface area contributed by atoms with E-state index in [2.05, 4.69) is 108 Å². The van der Waals surface area contributed by atoms with E-state index in [9.17, 15) is 0 Å². The number of rotatable bonds is 3. The predicted octanol–water partition coefficient (Wildman–Crippen LogP) is 7.77. The zero-order valence-electron chi connectivity index (χ0n) is 17.8. The number of hydrogen-bond acceptors (Lipinski definition) is 1. The third kappa shape index (κ3) is 3.04. The molecule has 6 rings (SSSR count). The van der Waals surface area contributed by atoms with Crippen molar-refractivity contribution in [3.05, 3.63) is 115 Å². The molecule has 5 aromatic rings. The first-order chi connectivity index (χ1) is 15.8. The van der Waals surface area contributed by atoms with Gasteiger partial charge >= 0.3 is 0 Å². The van der Waals surface area contributed by atoms with E-state index >= 15 is 0 Å². The molecule has 0 atom stereocenters. The second kappa shape index (κ2) is 7.58. The van der Waals surface area contributed by atoms with Crippen molar-refractivity contribution in [2.45, 2.75) is 12.8 Å². The summed E-state index contributed by atoms with van der Waals surface area (Å²) in [6.45, 7) is 0. The van der Waals surface area contributed by atoms with Crippen LogP contribution in [0.15, 0.2) is 109 Å². The van der Waals surface area contributed by atoms with Crippen LogP contribution in [0.5, 0.6) is 0 Å². The van der Waals surface area contributed by atoms with Crippen molar-refractivity contribution in [3.8, 4) is 16.8 Å². The summed E-state index contributed by atoms with van der Waals surface area (Å²) in [5, 5.41) is 2.53. The van der Waals surface area contributed by atoms with Gasteiger partial charge in [0.05, 0.1) is 11.0 Å². The Labute approximate surface area is 187 Å². The van der Waals surface area contributed by atoms with Crippen molar-refractivity contribution in [1.29, 1.82) is 0 Å². The molecule has 1 aliphatic carbocycles. The van der Waals surface area contributed by atoms with Crippen molar-refractivity contribution in [1.82, 2.24) is 4.57 Å². The minimum atomic E-state index is 0.827. The molecule has 0 fully saturated rings. The van der Waals surface area contributed by atoms with E-state index in [0.717, 1.165) is 24.1 Å². The summed E-state index contributed by atoms with van der Waals surface area (Å²) in [5.74, 6) is 0. The molecule has 154 valence electrons. The molecule has 32 heavy (non-hydrogen) atoms. The van der Waals surface area contributed by atoms with Crippen LogP contribution < -0.4 is 5.73 Å². The first-order valence-electron chi connectivity index (χ1n) is 11.2. The lowest BCUT2D eigenvalue weighted by atomic mass is 9.94. The summed E-state index contributed by atoms with van der Waals surface area (Å²) in [6.07, 6.45) is 8.87. The monoisotopic (exact) mass is 412 g/mol. The molecule has 0 spiro atoms. The van der Waals surface area contributed by atoms with Crippen LogP contribution in [0.3, 0.4) is 0 Å². The molecule has 0 aliphatic heterocycles. The van der Waals surface area contributed by atoms with Crippen LogP contribution in [-0.4, -0.2) is 4.57 Å². The second-order valence-electron chi connectivity index (χ2n) is 8.36. The zero-order chi connectivity index (χ0) is 21.5. The summed E-state index contributed by atoms with van der Waals surface area (Å²) in [4.78, 5) is 0. The van der Waals surface area contributed by atoms with Crippen molar-refractivity contribution in [3.63, 3.8) is 0 Å². The van der Waals surface area contributed by atoms with E-state index in [-0.39, 0.29) is 0 Å². The van der Waals surface area contributed by atoms with Gasteiger partial charge in [0.15, 0.2) is 0 Å². The van der Waals surface area contributed by atoms with E-state index in [1.54, 1.807) is 0 Å². The van der Waals surface area contributed by atoms with Gasteiger partial charge in [0.2, 0.25) is 0 Å². The Balaban J connectivity index is 1.55. The summed E-state index contributed by atoms with van der Waals surface area (Å²) in [6, 6.07) is 32.4. The molecule has 0 saturated heterocycles. The molecule has 1 aliphatic rings. The Bertz CT molecular complexity index is 1520. The fraction of sp³-hybridized carbons (Fsp3) is 0.0667. The lowest BCUT2D eigenvalue weighted by Gasteiger charge is -2.13. The van der Waals surface area contributed by atoms with Gasteiger partial charge < -0.3 is 10.3 Å². The van der Waals surface area contributed by atoms with Crippen molar-refractivity contribution in [2.75, 3.05) is 5.73 Å². The highest BCUT2D eigenvalue weighted by Gasteiger charge is 2.14. The number of aromatic nitrogens is 1. The van der Waals surface area contributed by atoms with Gasteiger partial charge in [-0.15, -0.1) is 0 Å². The number of allylic oxidation sites excluding steroid dienone is 4. The highest BCUT2D eigenvalue weighted by atomic mass is 15.0. The molecule has 2 heteroatoms. The van der Waals surface area contributed by atoms with Gasteiger partial charge in [-0.1, -0.05) is 66.8 Å². The lowest BCUT2D eigenvalue weighted by Crippen LogP contribution is -1.95. The Kier molecular flexibility index (Phi) is 4.43. The fourth-order valence-electron chi connectivity index (χ4n) is 4.81. The minimum absolute atomic E-state index is 0.827.